The second kappa shape index (κ2) is 4.80. The summed E-state index contributed by atoms with van der Waals surface area (Å²) in [5.74, 6) is 0.531. The molecular formula is C13H15NO2. The van der Waals surface area contributed by atoms with Crippen LogP contribution in [0.2, 0.25) is 0 Å². The van der Waals surface area contributed by atoms with Crippen LogP contribution >= 0.6 is 0 Å². The smallest absolute Gasteiger partial charge is 0.150 e. The van der Waals surface area contributed by atoms with Gasteiger partial charge in [0.1, 0.15) is 18.1 Å². The molecule has 3 nitrogen and oxygen atoms in total. The molecule has 0 heterocycles. The van der Waals surface area contributed by atoms with Gasteiger partial charge in [0.05, 0.1) is 12.2 Å². The number of rotatable bonds is 3. The lowest BCUT2D eigenvalue weighted by atomic mass is 9.98. The van der Waals surface area contributed by atoms with Gasteiger partial charge >= 0.3 is 0 Å². The van der Waals surface area contributed by atoms with Crippen molar-refractivity contribution in [3.8, 4) is 11.8 Å². The zero-order chi connectivity index (χ0) is 12.2. The summed E-state index contributed by atoms with van der Waals surface area (Å²) in [7, 11) is 0. The Kier molecular flexibility index (Phi) is 3.68. The SMILES string of the molecule is CC(C)(C)COc1ccc(C=O)cc1C#N. The number of carbonyl (C=O) groups is 1. The lowest BCUT2D eigenvalue weighted by Crippen LogP contribution is -2.17. The number of carbonyl (C=O) groups excluding carboxylic acids is 1. The van der Waals surface area contributed by atoms with Crippen molar-refractivity contribution in [1.82, 2.24) is 0 Å². The topological polar surface area (TPSA) is 50.1 Å². The van der Waals surface area contributed by atoms with Crippen molar-refractivity contribution in [2.45, 2.75) is 20.8 Å². The molecule has 0 amide bonds. The fourth-order valence-electron chi connectivity index (χ4n) is 1.13. The minimum atomic E-state index is 0.0378. The molecule has 0 fully saturated rings. The Morgan fingerprint density at radius 1 is 1.44 bits per heavy atom. The summed E-state index contributed by atoms with van der Waals surface area (Å²) < 4.78 is 5.55. The Balaban J connectivity index is 2.89. The van der Waals surface area contributed by atoms with Gasteiger partial charge < -0.3 is 4.74 Å². The quantitative estimate of drug-likeness (QED) is 0.731. The summed E-state index contributed by atoms with van der Waals surface area (Å²) in [6.45, 7) is 6.69. The summed E-state index contributed by atoms with van der Waals surface area (Å²) in [5, 5.41) is 8.92. The van der Waals surface area contributed by atoms with E-state index in [1.165, 1.54) is 6.07 Å². The van der Waals surface area contributed by atoms with Crippen molar-refractivity contribution in [2.24, 2.45) is 5.41 Å². The standard InChI is InChI=1S/C13H15NO2/c1-13(2,3)9-16-12-5-4-10(8-15)6-11(12)7-14/h4-6,8H,9H2,1-3H3. The molecule has 0 bridgehead atoms. The summed E-state index contributed by atoms with van der Waals surface area (Å²) >= 11 is 0. The van der Waals surface area contributed by atoms with Gasteiger partial charge in [-0.1, -0.05) is 20.8 Å². The first-order valence-corrected chi connectivity index (χ1v) is 5.08. The van der Waals surface area contributed by atoms with E-state index < -0.39 is 0 Å². The highest BCUT2D eigenvalue weighted by atomic mass is 16.5. The number of hydrogen-bond donors (Lipinski definition) is 0. The predicted octanol–water partition coefficient (Wildman–Crippen LogP) is 2.80. The number of benzene rings is 1. The molecule has 16 heavy (non-hydrogen) atoms. The number of aldehydes is 1. The van der Waals surface area contributed by atoms with Crippen LogP contribution in [0.5, 0.6) is 5.75 Å². The Labute approximate surface area is 95.7 Å². The van der Waals surface area contributed by atoms with Crippen LogP contribution in [0.3, 0.4) is 0 Å². The Bertz CT molecular complexity index is 425. The van der Waals surface area contributed by atoms with Crippen LogP contribution in [0.4, 0.5) is 0 Å². The Morgan fingerprint density at radius 2 is 2.12 bits per heavy atom. The third-order valence-electron chi connectivity index (χ3n) is 1.92. The summed E-state index contributed by atoms with van der Waals surface area (Å²) in [6, 6.07) is 6.86. The molecule has 0 saturated heterocycles. The van der Waals surface area contributed by atoms with Crippen LogP contribution in [0.25, 0.3) is 0 Å². The second-order valence-electron chi connectivity index (χ2n) is 4.83. The van der Waals surface area contributed by atoms with Gasteiger partial charge in [-0.2, -0.15) is 5.26 Å². The highest BCUT2D eigenvalue weighted by Gasteiger charge is 2.13. The van der Waals surface area contributed by atoms with E-state index >= 15 is 0 Å². The van der Waals surface area contributed by atoms with Gasteiger partial charge in [0.25, 0.3) is 0 Å². The van der Waals surface area contributed by atoms with Gasteiger partial charge in [0.2, 0.25) is 0 Å². The molecule has 0 N–H and O–H groups in total. The maximum absolute atomic E-state index is 10.6. The first kappa shape index (κ1) is 12.3. The largest absolute Gasteiger partial charge is 0.492 e. The number of ether oxygens (including phenoxy) is 1. The molecule has 84 valence electrons. The molecule has 0 radical (unpaired) electrons. The maximum Gasteiger partial charge on any atom is 0.150 e. The molecule has 3 heteroatoms. The summed E-state index contributed by atoms with van der Waals surface area (Å²) in [5.41, 5.74) is 0.921. The maximum atomic E-state index is 10.6. The molecule has 1 rings (SSSR count). The molecule has 0 unspecified atom stereocenters. The van der Waals surface area contributed by atoms with E-state index in [4.69, 9.17) is 10.00 Å². The van der Waals surface area contributed by atoms with Crippen LogP contribution in [0, 0.1) is 16.7 Å². The fraction of sp³-hybridized carbons (Fsp3) is 0.385. The van der Waals surface area contributed by atoms with Crippen LogP contribution in [-0.2, 0) is 0 Å². The molecule has 0 saturated carbocycles. The lowest BCUT2D eigenvalue weighted by molar-refractivity contribution is 0.112. The van der Waals surface area contributed by atoms with Crippen LogP contribution < -0.4 is 4.74 Å². The van der Waals surface area contributed by atoms with E-state index in [0.717, 1.165) is 0 Å². The molecule has 0 atom stereocenters. The van der Waals surface area contributed by atoms with E-state index in [0.29, 0.717) is 29.8 Å². The van der Waals surface area contributed by atoms with Gasteiger partial charge in [0.15, 0.2) is 0 Å². The van der Waals surface area contributed by atoms with Crippen molar-refractivity contribution < 1.29 is 9.53 Å². The van der Waals surface area contributed by atoms with Gasteiger partial charge in [-0.15, -0.1) is 0 Å². The number of nitrogens with zero attached hydrogens (tertiary/aromatic N) is 1. The zero-order valence-electron chi connectivity index (χ0n) is 9.78. The minimum absolute atomic E-state index is 0.0378. The van der Waals surface area contributed by atoms with Gasteiger partial charge in [-0.3, -0.25) is 4.79 Å². The Morgan fingerprint density at radius 3 is 2.62 bits per heavy atom. The summed E-state index contributed by atoms with van der Waals surface area (Å²) in [4.78, 5) is 10.6. The monoisotopic (exact) mass is 217 g/mol. The second-order valence-corrected chi connectivity index (χ2v) is 4.83. The van der Waals surface area contributed by atoms with Gasteiger partial charge in [-0.25, -0.2) is 0 Å². The first-order chi connectivity index (χ1) is 7.46. The average Bonchev–Trinajstić information content (AvgIpc) is 2.25. The van der Waals surface area contributed by atoms with Gasteiger partial charge in [0, 0.05) is 5.56 Å². The molecule has 0 spiro atoms. The van der Waals surface area contributed by atoms with Crippen molar-refractivity contribution in [3.63, 3.8) is 0 Å². The third kappa shape index (κ3) is 3.39. The Hall–Kier alpha value is -1.82. The van der Waals surface area contributed by atoms with Crippen molar-refractivity contribution in [2.75, 3.05) is 6.61 Å². The van der Waals surface area contributed by atoms with Crippen LogP contribution in [0.1, 0.15) is 36.7 Å². The van der Waals surface area contributed by atoms with E-state index in [-0.39, 0.29) is 5.41 Å². The predicted molar refractivity (Wildman–Crippen MR) is 61.5 cm³/mol. The van der Waals surface area contributed by atoms with E-state index in [1.807, 2.05) is 6.07 Å². The van der Waals surface area contributed by atoms with E-state index in [9.17, 15) is 4.79 Å². The third-order valence-corrected chi connectivity index (χ3v) is 1.92. The number of hydrogen-bond acceptors (Lipinski definition) is 3. The normalized spacial score (nSPS) is 10.6. The molecule has 0 aliphatic heterocycles. The molecule has 1 aromatic rings. The zero-order valence-corrected chi connectivity index (χ0v) is 9.78. The van der Waals surface area contributed by atoms with E-state index in [2.05, 4.69) is 20.8 Å². The van der Waals surface area contributed by atoms with Crippen LogP contribution in [-0.4, -0.2) is 12.9 Å². The molecular weight excluding hydrogens is 202 g/mol. The van der Waals surface area contributed by atoms with Gasteiger partial charge in [-0.05, 0) is 23.6 Å². The van der Waals surface area contributed by atoms with Crippen LogP contribution in [0.15, 0.2) is 18.2 Å². The highest BCUT2D eigenvalue weighted by Crippen LogP contribution is 2.22. The molecule has 0 aliphatic rings. The van der Waals surface area contributed by atoms with Crippen molar-refractivity contribution in [3.05, 3.63) is 29.3 Å². The lowest BCUT2D eigenvalue weighted by Gasteiger charge is -2.19. The molecule has 1 aromatic carbocycles. The number of nitriles is 1. The van der Waals surface area contributed by atoms with Crippen molar-refractivity contribution in [1.29, 1.82) is 5.26 Å². The fourth-order valence-corrected chi connectivity index (χ4v) is 1.13. The highest BCUT2D eigenvalue weighted by molar-refractivity contribution is 5.76. The minimum Gasteiger partial charge on any atom is -0.492 e. The van der Waals surface area contributed by atoms with E-state index in [1.54, 1.807) is 12.1 Å². The van der Waals surface area contributed by atoms with Crippen molar-refractivity contribution >= 4 is 6.29 Å². The summed E-state index contributed by atoms with van der Waals surface area (Å²) in [6.07, 6.45) is 0.717. The average molecular weight is 217 g/mol. The first-order valence-electron chi connectivity index (χ1n) is 5.08. The molecule has 0 aliphatic carbocycles. The molecule has 0 aromatic heterocycles.